The van der Waals surface area contributed by atoms with Crippen LogP contribution in [0.3, 0.4) is 0 Å². The number of anilines is 1. The van der Waals surface area contributed by atoms with Gasteiger partial charge in [0.15, 0.2) is 5.57 Å². The maximum Gasteiger partial charge on any atom is 0.153 e. The molecule has 0 aliphatic heterocycles. The SMILES string of the molecule is CN(C)c1ccc(C#CC(C#C[Si](C)(C)C)=C(C#N)C#N)cc1. The Bertz CT molecular complexity index is 787. The van der Waals surface area contributed by atoms with Crippen LogP contribution in [0.1, 0.15) is 5.56 Å². The van der Waals surface area contributed by atoms with Crippen molar-refractivity contribution < 1.29 is 0 Å². The average molecular weight is 317 g/mol. The molecule has 1 rings (SSSR count). The van der Waals surface area contributed by atoms with Gasteiger partial charge in [0.1, 0.15) is 25.8 Å². The zero-order valence-electron chi connectivity index (χ0n) is 14.2. The van der Waals surface area contributed by atoms with Crippen LogP contribution in [0.15, 0.2) is 35.4 Å². The third kappa shape index (κ3) is 6.15. The highest BCUT2D eigenvalue weighted by Gasteiger charge is 2.08. The van der Waals surface area contributed by atoms with E-state index in [1.54, 1.807) is 0 Å². The molecule has 114 valence electrons. The van der Waals surface area contributed by atoms with Gasteiger partial charge in [-0.2, -0.15) is 10.5 Å². The lowest BCUT2D eigenvalue weighted by atomic mass is 10.1. The highest BCUT2D eigenvalue weighted by atomic mass is 28.3. The fraction of sp³-hybridized carbons (Fsp3) is 0.263. The lowest BCUT2D eigenvalue weighted by molar-refractivity contribution is 1.13. The normalized spacial score (nSPS) is 9.17. The van der Waals surface area contributed by atoms with E-state index in [1.807, 2.05) is 55.4 Å². The number of hydrogen-bond donors (Lipinski definition) is 0. The first kappa shape index (κ1) is 18.1. The van der Waals surface area contributed by atoms with Crippen molar-refractivity contribution in [1.29, 1.82) is 10.5 Å². The van der Waals surface area contributed by atoms with Gasteiger partial charge in [0, 0.05) is 25.3 Å². The second kappa shape index (κ2) is 7.91. The van der Waals surface area contributed by atoms with E-state index in [9.17, 15) is 0 Å². The maximum absolute atomic E-state index is 9.06. The number of nitriles is 2. The second-order valence-corrected chi connectivity index (χ2v) is 10.9. The topological polar surface area (TPSA) is 50.8 Å². The molecule has 0 aliphatic rings. The molecule has 1 aromatic rings. The third-order valence-corrected chi connectivity index (χ3v) is 3.63. The minimum absolute atomic E-state index is 0.0341. The monoisotopic (exact) mass is 317 g/mol. The van der Waals surface area contributed by atoms with E-state index in [-0.39, 0.29) is 5.57 Å². The summed E-state index contributed by atoms with van der Waals surface area (Å²) in [5, 5.41) is 18.1. The summed E-state index contributed by atoms with van der Waals surface area (Å²) in [7, 11) is 2.34. The Morgan fingerprint density at radius 1 is 0.913 bits per heavy atom. The summed E-state index contributed by atoms with van der Waals surface area (Å²) in [6, 6.07) is 11.5. The van der Waals surface area contributed by atoms with Gasteiger partial charge in [0.2, 0.25) is 0 Å². The molecule has 0 spiro atoms. The van der Waals surface area contributed by atoms with Crippen LogP contribution in [0, 0.1) is 46.0 Å². The molecule has 1 aromatic carbocycles. The van der Waals surface area contributed by atoms with Gasteiger partial charge in [-0.15, -0.1) is 5.54 Å². The maximum atomic E-state index is 9.06. The molecule has 0 radical (unpaired) electrons. The lowest BCUT2D eigenvalue weighted by Crippen LogP contribution is -2.16. The van der Waals surface area contributed by atoms with Crippen LogP contribution in [0.2, 0.25) is 19.6 Å². The molecule has 0 fully saturated rings. The molecule has 0 aliphatic carbocycles. The van der Waals surface area contributed by atoms with Crippen molar-refractivity contribution in [2.45, 2.75) is 19.6 Å². The van der Waals surface area contributed by atoms with E-state index in [2.05, 4.69) is 42.9 Å². The lowest BCUT2D eigenvalue weighted by Gasteiger charge is -2.11. The second-order valence-electron chi connectivity index (χ2n) is 6.16. The smallest absolute Gasteiger partial charge is 0.153 e. The van der Waals surface area contributed by atoms with E-state index >= 15 is 0 Å². The number of allylic oxidation sites excluding steroid dienone is 2. The Hall–Kier alpha value is -2.92. The number of benzene rings is 1. The van der Waals surface area contributed by atoms with Gasteiger partial charge >= 0.3 is 0 Å². The van der Waals surface area contributed by atoms with Crippen molar-refractivity contribution in [2.24, 2.45) is 0 Å². The number of hydrogen-bond acceptors (Lipinski definition) is 3. The molecular formula is C19H19N3Si. The number of nitrogens with zero attached hydrogens (tertiary/aromatic N) is 3. The van der Waals surface area contributed by atoms with Crippen LogP contribution < -0.4 is 4.90 Å². The Morgan fingerprint density at radius 2 is 1.48 bits per heavy atom. The Balaban J connectivity index is 3.23. The van der Waals surface area contributed by atoms with E-state index in [0.29, 0.717) is 5.57 Å². The van der Waals surface area contributed by atoms with Gasteiger partial charge in [-0.3, -0.25) is 0 Å². The quantitative estimate of drug-likeness (QED) is 0.453. The van der Waals surface area contributed by atoms with Crippen molar-refractivity contribution in [2.75, 3.05) is 19.0 Å². The van der Waals surface area contributed by atoms with Crippen LogP contribution in [0.25, 0.3) is 0 Å². The highest BCUT2D eigenvalue weighted by Crippen LogP contribution is 2.12. The van der Waals surface area contributed by atoms with Crippen LogP contribution in [-0.4, -0.2) is 22.2 Å². The predicted octanol–water partition coefficient (Wildman–Crippen LogP) is 3.33. The molecule has 4 heteroatoms. The van der Waals surface area contributed by atoms with Gasteiger partial charge in [-0.1, -0.05) is 37.4 Å². The summed E-state index contributed by atoms with van der Waals surface area (Å²) in [5.41, 5.74) is 5.32. The number of rotatable bonds is 1. The highest BCUT2D eigenvalue weighted by molar-refractivity contribution is 6.83. The van der Waals surface area contributed by atoms with Crippen molar-refractivity contribution in [3.63, 3.8) is 0 Å². The molecule has 23 heavy (non-hydrogen) atoms. The molecule has 3 nitrogen and oxygen atoms in total. The van der Waals surface area contributed by atoms with Gasteiger partial charge < -0.3 is 4.90 Å². The fourth-order valence-electron chi connectivity index (χ4n) is 1.52. The molecule has 0 aromatic heterocycles. The van der Waals surface area contributed by atoms with Crippen molar-refractivity contribution in [1.82, 2.24) is 0 Å². The van der Waals surface area contributed by atoms with E-state index in [0.717, 1.165) is 11.3 Å². The van der Waals surface area contributed by atoms with Crippen molar-refractivity contribution in [3.8, 4) is 35.4 Å². The van der Waals surface area contributed by atoms with Gasteiger partial charge in [0.25, 0.3) is 0 Å². The molecule has 0 atom stereocenters. The molecule has 0 unspecified atom stereocenters. The molecule has 0 heterocycles. The zero-order chi connectivity index (χ0) is 17.5. The van der Waals surface area contributed by atoms with Gasteiger partial charge in [-0.05, 0) is 24.3 Å². The summed E-state index contributed by atoms with van der Waals surface area (Å²) in [4.78, 5) is 2.01. The molecule has 0 saturated heterocycles. The molecule has 0 amide bonds. The Morgan fingerprint density at radius 3 is 1.91 bits per heavy atom. The van der Waals surface area contributed by atoms with E-state index < -0.39 is 8.07 Å². The van der Waals surface area contributed by atoms with Crippen LogP contribution in [-0.2, 0) is 0 Å². The minimum atomic E-state index is -1.61. The van der Waals surface area contributed by atoms with E-state index in [4.69, 9.17) is 10.5 Å². The summed E-state index contributed by atoms with van der Waals surface area (Å²) in [6.07, 6.45) is 0. The summed E-state index contributed by atoms with van der Waals surface area (Å²) in [5.74, 6) is 8.79. The van der Waals surface area contributed by atoms with Crippen LogP contribution in [0.5, 0.6) is 0 Å². The Labute approximate surface area is 139 Å². The van der Waals surface area contributed by atoms with Gasteiger partial charge in [-0.25, -0.2) is 0 Å². The molecule has 0 bridgehead atoms. The Kier molecular flexibility index (Phi) is 6.23. The summed E-state index contributed by atoms with van der Waals surface area (Å²) < 4.78 is 0. The first-order valence-electron chi connectivity index (χ1n) is 7.14. The molecule has 0 saturated carbocycles. The molecular weight excluding hydrogens is 298 g/mol. The predicted molar refractivity (Wildman–Crippen MR) is 97.0 cm³/mol. The van der Waals surface area contributed by atoms with Crippen LogP contribution >= 0.6 is 0 Å². The minimum Gasteiger partial charge on any atom is -0.378 e. The zero-order valence-corrected chi connectivity index (χ0v) is 15.2. The van der Waals surface area contributed by atoms with Gasteiger partial charge in [0.05, 0.1) is 0 Å². The van der Waals surface area contributed by atoms with Crippen LogP contribution in [0.4, 0.5) is 5.69 Å². The average Bonchev–Trinajstić information content (AvgIpc) is 2.49. The van der Waals surface area contributed by atoms with Crippen molar-refractivity contribution in [3.05, 3.63) is 41.0 Å². The largest absolute Gasteiger partial charge is 0.378 e. The summed E-state index contributed by atoms with van der Waals surface area (Å²) in [6.45, 7) is 6.30. The summed E-state index contributed by atoms with van der Waals surface area (Å²) >= 11 is 0. The first-order valence-corrected chi connectivity index (χ1v) is 10.6. The standard InChI is InChI=1S/C19H19N3Si/c1-22(2)19-10-7-16(8-11-19)6-9-17(18(14-20)15-21)12-13-23(3,4)5/h7-8,10-11H,1-5H3. The first-order chi connectivity index (χ1) is 10.8. The van der Waals surface area contributed by atoms with E-state index in [1.165, 1.54) is 0 Å². The molecule has 0 N–H and O–H groups in total. The van der Waals surface area contributed by atoms with Crippen molar-refractivity contribution >= 4 is 13.8 Å². The third-order valence-electron chi connectivity index (χ3n) is 2.75. The fourth-order valence-corrected chi connectivity index (χ4v) is 2.02.